The van der Waals surface area contributed by atoms with Crippen LogP contribution in [0.4, 0.5) is 0 Å². The van der Waals surface area contributed by atoms with Gasteiger partial charge in [0.1, 0.15) is 11.5 Å². The molecule has 0 aliphatic heterocycles. The van der Waals surface area contributed by atoms with Crippen molar-refractivity contribution in [3.63, 3.8) is 0 Å². The molecule has 0 bridgehead atoms. The fraction of sp³-hybridized carbons (Fsp3) is 0.579. The topological polar surface area (TPSA) is 74.3 Å². The van der Waals surface area contributed by atoms with Crippen molar-refractivity contribution < 1.29 is 28.5 Å². The van der Waals surface area contributed by atoms with Crippen LogP contribution in [-0.2, 0) is 25.4 Å². The van der Waals surface area contributed by atoms with Gasteiger partial charge in [0.25, 0.3) is 0 Å². The van der Waals surface area contributed by atoms with Gasteiger partial charge in [-0.2, -0.15) is 0 Å². The van der Waals surface area contributed by atoms with Crippen molar-refractivity contribution in [1.29, 1.82) is 0 Å². The zero-order valence-electron chi connectivity index (χ0n) is 28.9. The van der Waals surface area contributed by atoms with E-state index in [-0.39, 0.29) is 11.8 Å². The van der Waals surface area contributed by atoms with Gasteiger partial charge in [-0.1, -0.05) is 62.8 Å². The van der Waals surface area contributed by atoms with E-state index in [1.54, 1.807) is 21.1 Å². The highest BCUT2D eigenvalue weighted by atomic mass is 16.5. The lowest BCUT2D eigenvalue weighted by Gasteiger charge is -2.21. The van der Waals surface area contributed by atoms with Gasteiger partial charge >= 0.3 is 5.97 Å². The first-order valence-corrected chi connectivity index (χ1v) is 16.8. The molecule has 7 nitrogen and oxygen atoms in total. The van der Waals surface area contributed by atoms with Crippen LogP contribution in [0.15, 0.2) is 54.6 Å². The molecule has 2 rings (SSSR count). The number of ketones is 1. The molecule has 0 amide bonds. The number of benzene rings is 2. The molecule has 2 aromatic carbocycles. The average molecular weight is 626 g/mol. The van der Waals surface area contributed by atoms with E-state index in [0.29, 0.717) is 31.1 Å². The van der Waals surface area contributed by atoms with E-state index >= 15 is 0 Å². The van der Waals surface area contributed by atoms with E-state index in [1.807, 2.05) is 63.2 Å². The van der Waals surface area contributed by atoms with Crippen LogP contribution in [0.1, 0.15) is 94.1 Å². The Hall–Kier alpha value is -3.00. The molecular formula is C38H59NO6. The van der Waals surface area contributed by atoms with Crippen molar-refractivity contribution in [1.82, 2.24) is 4.90 Å². The van der Waals surface area contributed by atoms with Gasteiger partial charge in [-0.3, -0.25) is 4.90 Å². The van der Waals surface area contributed by atoms with Gasteiger partial charge in [-0.15, -0.1) is 0 Å². The number of carbonyl (C=O) groups excluding carboxylic acids is 2. The van der Waals surface area contributed by atoms with Gasteiger partial charge in [-0.25, -0.2) is 4.79 Å². The van der Waals surface area contributed by atoms with Crippen LogP contribution in [0.5, 0.6) is 5.75 Å². The molecule has 1 atom stereocenters. The third kappa shape index (κ3) is 18.5. The first-order valence-electron chi connectivity index (χ1n) is 16.8. The van der Waals surface area contributed by atoms with E-state index in [2.05, 4.69) is 23.1 Å². The first-order chi connectivity index (χ1) is 22.0. The molecule has 45 heavy (non-hydrogen) atoms. The SMILES string of the molecule is CC.CCOC(=O)c1ccc(CC(/C=C/c2ccccc2OCCCCCN(CCOC)CCOC)CCCCC(C)=O)cc1. The Bertz CT molecular complexity index is 1060. The molecule has 0 aliphatic carbocycles. The number of esters is 1. The second-order valence-electron chi connectivity index (χ2n) is 11.0. The summed E-state index contributed by atoms with van der Waals surface area (Å²) in [4.78, 5) is 25.9. The van der Waals surface area contributed by atoms with Gasteiger partial charge < -0.3 is 23.7 Å². The summed E-state index contributed by atoms with van der Waals surface area (Å²) in [6.07, 6.45) is 12.0. The Morgan fingerprint density at radius 1 is 0.822 bits per heavy atom. The molecule has 0 fully saturated rings. The Kier molecular flexibility index (Phi) is 23.3. The maximum atomic E-state index is 12.0. The highest BCUT2D eigenvalue weighted by molar-refractivity contribution is 5.89. The summed E-state index contributed by atoms with van der Waals surface area (Å²) in [6, 6.07) is 15.9. The second-order valence-corrected chi connectivity index (χ2v) is 11.0. The molecule has 252 valence electrons. The minimum absolute atomic E-state index is 0.238. The lowest BCUT2D eigenvalue weighted by molar-refractivity contribution is -0.117. The summed E-state index contributed by atoms with van der Waals surface area (Å²) in [5, 5.41) is 0. The predicted octanol–water partition coefficient (Wildman–Crippen LogP) is 8.05. The molecule has 0 heterocycles. The summed E-state index contributed by atoms with van der Waals surface area (Å²) in [6.45, 7) is 12.9. The Morgan fingerprint density at radius 3 is 2.16 bits per heavy atom. The maximum Gasteiger partial charge on any atom is 0.338 e. The number of para-hydroxylation sites is 1. The number of ether oxygens (including phenoxy) is 4. The fourth-order valence-corrected chi connectivity index (χ4v) is 4.90. The standard InChI is InChI=1S/C36H53NO6.C2H6/c1-5-42-36(39)34-21-18-32(19-22-34)29-31(14-8-7-13-30(2)38)17-20-33-15-9-10-16-35(33)43-26-12-6-11-23-37(24-27-40-3)25-28-41-4;1-2/h9-10,15-22,31H,5-8,11-14,23-29H2,1-4H3;1-2H3/b20-17+;. The molecule has 0 aliphatic rings. The van der Waals surface area contributed by atoms with Crippen LogP contribution in [-0.4, -0.2) is 76.9 Å². The number of methoxy groups -OCH3 is 2. The molecule has 1 unspecified atom stereocenters. The van der Waals surface area contributed by atoms with E-state index < -0.39 is 0 Å². The minimum atomic E-state index is -0.294. The van der Waals surface area contributed by atoms with Crippen LogP contribution >= 0.6 is 0 Å². The molecule has 2 aromatic rings. The quantitative estimate of drug-likeness (QED) is 0.0863. The number of carbonyl (C=O) groups is 2. The van der Waals surface area contributed by atoms with Crippen LogP contribution in [0.3, 0.4) is 0 Å². The van der Waals surface area contributed by atoms with Crippen LogP contribution < -0.4 is 4.74 Å². The van der Waals surface area contributed by atoms with Gasteiger partial charge in [-0.05, 0) is 88.6 Å². The van der Waals surface area contributed by atoms with Crippen LogP contribution in [0, 0.1) is 5.92 Å². The highest BCUT2D eigenvalue weighted by Gasteiger charge is 2.11. The number of allylic oxidation sites excluding steroid dienone is 1. The largest absolute Gasteiger partial charge is 0.493 e. The van der Waals surface area contributed by atoms with Crippen molar-refractivity contribution in [3.8, 4) is 5.75 Å². The Balaban J connectivity index is 0.00000496. The van der Waals surface area contributed by atoms with Gasteiger partial charge in [0.2, 0.25) is 0 Å². The summed E-state index contributed by atoms with van der Waals surface area (Å²) in [7, 11) is 3.48. The zero-order chi connectivity index (χ0) is 33.1. The average Bonchev–Trinajstić information content (AvgIpc) is 3.06. The van der Waals surface area contributed by atoms with Crippen LogP contribution in [0.25, 0.3) is 6.08 Å². The molecule has 0 N–H and O–H groups in total. The number of unbranched alkanes of at least 4 members (excludes halogenated alkanes) is 3. The molecule has 7 heteroatoms. The summed E-state index contributed by atoms with van der Waals surface area (Å²) < 4.78 is 21.8. The molecule has 0 spiro atoms. The smallest absolute Gasteiger partial charge is 0.338 e. The molecule has 0 saturated heterocycles. The number of nitrogens with zero attached hydrogens (tertiary/aromatic N) is 1. The number of Topliss-reactive ketones (excluding diaryl/α,β-unsaturated/α-hetero) is 1. The lowest BCUT2D eigenvalue weighted by Crippen LogP contribution is -2.31. The maximum absolute atomic E-state index is 12.0. The Labute approximate surface area is 273 Å². The highest BCUT2D eigenvalue weighted by Crippen LogP contribution is 2.24. The van der Waals surface area contributed by atoms with Crippen molar-refractivity contribution in [3.05, 3.63) is 71.3 Å². The van der Waals surface area contributed by atoms with E-state index in [0.717, 1.165) is 89.1 Å². The fourth-order valence-electron chi connectivity index (χ4n) is 4.90. The first kappa shape index (κ1) is 40.0. The van der Waals surface area contributed by atoms with Gasteiger partial charge in [0, 0.05) is 39.3 Å². The molecular weight excluding hydrogens is 566 g/mol. The minimum Gasteiger partial charge on any atom is -0.493 e. The molecule has 0 radical (unpaired) electrons. The normalized spacial score (nSPS) is 11.7. The third-order valence-corrected chi connectivity index (χ3v) is 7.38. The number of hydrogen-bond acceptors (Lipinski definition) is 7. The molecule has 0 saturated carbocycles. The van der Waals surface area contributed by atoms with Gasteiger partial charge in [0.15, 0.2) is 0 Å². The van der Waals surface area contributed by atoms with E-state index in [1.165, 1.54) is 5.56 Å². The molecule has 0 aromatic heterocycles. The summed E-state index contributed by atoms with van der Waals surface area (Å²) >= 11 is 0. The number of hydrogen-bond donors (Lipinski definition) is 0. The third-order valence-electron chi connectivity index (χ3n) is 7.38. The van der Waals surface area contributed by atoms with Crippen molar-refractivity contribution in [2.45, 2.75) is 79.1 Å². The lowest BCUT2D eigenvalue weighted by atomic mass is 9.92. The van der Waals surface area contributed by atoms with Crippen molar-refractivity contribution in [2.24, 2.45) is 5.92 Å². The van der Waals surface area contributed by atoms with Crippen LogP contribution in [0.2, 0.25) is 0 Å². The predicted molar refractivity (Wildman–Crippen MR) is 185 cm³/mol. The monoisotopic (exact) mass is 625 g/mol. The second kappa shape index (κ2) is 26.2. The number of rotatable bonds is 24. The van der Waals surface area contributed by atoms with E-state index in [9.17, 15) is 9.59 Å². The summed E-state index contributed by atoms with van der Waals surface area (Å²) in [5.74, 6) is 1.14. The van der Waals surface area contributed by atoms with E-state index in [4.69, 9.17) is 18.9 Å². The zero-order valence-corrected chi connectivity index (χ0v) is 28.9. The van der Waals surface area contributed by atoms with Gasteiger partial charge in [0.05, 0.1) is 32.0 Å². The van der Waals surface area contributed by atoms with Crippen molar-refractivity contribution >= 4 is 17.8 Å². The van der Waals surface area contributed by atoms with Crippen molar-refractivity contribution in [2.75, 3.05) is 60.3 Å². The summed E-state index contributed by atoms with van der Waals surface area (Å²) in [5.41, 5.74) is 2.81. The Morgan fingerprint density at radius 2 is 1.51 bits per heavy atom.